The van der Waals surface area contributed by atoms with Crippen molar-refractivity contribution in [3.63, 3.8) is 0 Å². The summed E-state index contributed by atoms with van der Waals surface area (Å²) >= 11 is 0. The van der Waals surface area contributed by atoms with Gasteiger partial charge in [0.1, 0.15) is 6.04 Å². The second-order valence-electron chi connectivity index (χ2n) is 9.27. The molecule has 0 radical (unpaired) electrons. The zero-order chi connectivity index (χ0) is 25.4. The van der Waals surface area contributed by atoms with Crippen LogP contribution in [0.3, 0.4) is 0 Å². The van der Waals surface area contributed by atoms with Gasteiger partial charge in [0.2, 0.25) is 17.7 Å². The lowest BCUT2D eigenvalue weighted by atomic mass is 10.0. The average molecular weight is 487 g/mol. The van der Waals surface area contributed by atoms with Crippen molar-refractivity contribution in [1.29, 1.82) is 0 Å². The maximum Gasteiger partial charge on any atom is 0.262 e. The lowest BCUT2D eigenvalue weighted by molar-refractivity contribution is -0.136. The molecule has 0 spiro atoms. The fourth-order valence-corrected chi connectivity index (χ4v) is 4.94. The van der Waals surface area contributed by atoms with E-state index < -0.39 is 29.7 Å². The normalized spacial score (nSPS) is 17.5. The third kappa shape index (κ3) is 4.28. The number of rotatable bonds is 7. The van der Waals surface area contributed by atoms with E-state index in [1.54, 1.807) is 18.2 Å². The number of carbonyl (C=O) groups is 5. The largest absolute Gasteiger partial charge is 0.361 e. The molecule has 5 rings (SSSR count). The van der Waals surface area contributed by atoms with Gasteiger partial charge < -0.3 is 10.3 Å². The number of hydrogen-bond donors (Lipinski definition) is 3. The molecule has 2 aliphatic heterocycles. The first-order chi connectivity index (χ1) is 17.3. The van der Waals surface area contributed by atoms with Crippen LogP contribution in [-0.4, -0.2) is 52.0 Å². The highest BCUT2D eigenvalue weighted by Gasteiger charge is 2.44. The molecule has 2 aliphatic rings. The van der Waals surface area contributed by atoms with Crippen LogP contribution in [0.1, 0.15) is 56.7 Å². The maximum absolute atomic E-state index is 13.0. The van der Waals surface area contributed by atoms with Gasteiger partial charge in [-0.25, -0.2) is 0 Å². The fraction of sp³-hybridized carbons (Fsp3) is 0.296. The molecule has 1 saturated heterocycles. The van der Waals surface area contributed by atoms with Crippen molar-refractivity contribution >= 4 is 40.4 Å². The van der Waals surface area contributed by atoms with E-state index in [1.165, 1.54) is 0 Å². The fourth-order valence-electron chi connectivity index (χ4n) is 4.94. The molecule has 1 aromatic heterocycles. The van der Waals surface area contributed by atoms with Gasteiger partial charge in [-0.15, -0.1) is 0 Å². The second kappa shape index (κ2) is 9.41. The summed E-state index contributed by atoms with van der Waals surface area (Å²) in [5, 5.41) is 6.19. The molecule has 3 heterocycles. The van der Waals surface area contributed by atoms with Gasteiger partial charge in [0, 0.05) is 30.1 Å². The number of piperidine rings is 1. The van der Waals surface area contributed by atoms with Gasteiger partial charge in [-0.3, -0.25) is 34.2 Å². The van der Waals surface area contributed by atoms with E-state index in [0.717, 1.165) is 32.5 Å². The Morgan fingerprint density at radius 1 is 1.08 bits per heavy atom. The minimum atomic E-state index is -0.977. The molecule has 0 bridgehead atoms. The van der Waals surface area contributed by atoms with Crippen LogP contribution in [0.4, 0.5) is 0 Å². The molecule has 1 unspecified atom stereocenters. The molecule has 3 N–H and O–H groups in total. The molecular formula is C27H26N4O5. The third-order valence-corrected chi connectivity index (χ3v) is 6.83. The number of imide groups is 2. The molecule has 9 nitrogen and oxygen atoms in total. The van der Waals surface area contributed by atoms with Gasteiger partial charge in [-0.05, 0) is 55.0 Å². The highest BCUT2D eigenvalue weighted by Crippen LogP contribution is 2.28. The van der Waals surface area contributed by atoms with Crippen molar-refractivity contribution in [2.45, 2.75) is 45.1 Å². The summed E-state index contributed by atoms with van der Waals surface area (Å²) in [5.41, 5.74) is 4.52. The Hall–Kier alpha value is -4.27. The first kappa shape index (κ1) is 23.5. The van der Waals surface area contributed by atoms with Crippen LogP contribution in [0, 0.1) is 6.92 Å². The lowest BCUT2D eigenvalue weighted by Crippen LogP contribution is -2.54. The number of para-hydroxylation sites is 1. The number of nitrogens with zero attached hydrogens (tertiary/aromatic N) is 1. The average Bonchev–Trinajstić information content (AvgIpc) is 3.36. The molecule has 0 saturated carbocycles. The highest BCUT2D eigenvalue weighted by molar-refractivity contribution is 6.23. The molecule has 3 aromatic rings. The van der Waals surface area contributed by atoms with Crippen molar-refractivity contribution in [1.82, 2.24) is 20.5 Å². The van der Waals surface area contributed by atoms with Crippen molar-refractivity contribution in [2.75, 3.05) is 6.54 Å². The van der Waals surface area contributed by atoms with Crippen LogP contribution in [0.2, 0.25) is 0 Å². The topological polar surface area (TPSA) is 128 Å². The summed E-state index contributed by atoms with van der Waals surface area (Å²) in [6.07, 6.45) is 3.64. The van der Waals surface area contributed by atoms with Crippen LogP contribution in [0.15, 0.2) is 42.6 Å². The van der Waals surface area contributed by atoms with E-state index in [9.17, 15) is 24.0 Å². The van der Waals surface area contributed by atoms with E-state index in [4.69, 9.17) is 0 Å². The Balaban J connectivity index is 1.16. The zero-order valence-electron chi connectivity index (χ0n) is 19.8. The van der Waals surface area contributed by atoms with Crippen LogP contribution in [0.5, 0.6) is 0 Å². The highest BCUT2D eigenvalue weighted by atomic mass is 16.2. The van der Waals surface area contributed by atoms with E-state index in [2.05, 4.69) is 15.6 Å². The minimum absolute atomic E-state index is 0.0629. The van der Waals surface area contributed by atoms with Crippen molar-refractivity contribution in [2.24, 2.45) is 0 Å². The van der Waals surface area contributed by atoms with Gasteiger partial charge in [-0.1, -0.05) is 24.3 Å². The molecule has 36 heavy (non-hydrogen) atoms. The number of aryl methyl sites for hydroxylation is 2. The SMILES string of the molecule is Cc1cccc2c(CC(=O)NCCCc3ccc4c(c3)C(=O)N(C3CCC(=O)NC3=O)C4=O)c[nH]c12. The number of H-pyrrole nitrogens is 1. The van der Waals surface area contributed by atoms with Crippen molar-refractivity contribution < 1.29 is 24.0 Å². The van der Waals surface area contributed by atoms with E-state index in [-0.39, 0.29) is 36.3 Å². The van der Waals surface area contributed by atoms with Gasteiger partial charge in [0.05, 0.1) is 17.5 Å². The molecule has 9 heteroatoms. The number of nitrogens with one attached hydrogen (secondary N) is 3. The third-order valence-electron chi connectivity index (χ3n) is 6.83. The molecule has 2 aromatic carbocycles. The Morgan fingerprint density at radius 2 is 1.89 bits per heavy atom. The molecule has 5 amide bonds. The predicted molar refractivity (Wildman–Crippen MR) is 131 cm³/mol. The van der Waals surface area contributed by atoms with Crippen LogP contribution >= 0.6 is 0 Å². The number of carbonyl (C=O) groups excluding carboxylic acids is 5. The number of hydrogen-bond acceptors (Lipinski definition) is 5. The Kier molecular flexibility index (Phi) is 6.13. The smallest absolute Gasteiger partial charge is 0.262 e. The summed E-state index contributed by atoms with van der Waals surface area (Å²) < 4.78 is 0. The molecule has 1 fully saturated rings. The Morgan fingerprint density at radius 3 is 2.69 bits per heavy atom. The summed E-state index contributed by atoms with van der Waals surface area (Å²) in [5.74, 6) is -2.13. The minimum Gasteiger partial charge on any atom is -0.361 e. The van der Waals surface area contributed by atoms with E-state index in [1.807, 2.05) is 31.3 Å². The summed E-state index contributed by atoms with van der Waals surface area (Å²) in [4.78, 5) is 66.0. The maximum atomic E-state index is 13.0. The first-order valence-corrected chi connectivity index (χ1v) is 12.0. The lowest BCUT2D eigenvalue weighted by Gasteiger charge is -2.27. The Labute approximate surface area is 207 Å². The van der Waals surface area contributed by atoms with Gasteiger partial charge in [0.25, 0.3) is 11.8 Å². The number of benzene rings is 2. The summed E-state index contributed by atoms with van der Waals surface area (Å²) in [6, 6.07) is 10.1. The van der Waals surface area contributed by atoms with Crippen LogP contribution in [0.25, 0.3) is 10.9 Å². The molecule has 0 aliphatic carbocycles. The first-order valence-electron chi connectivity index (χ1n) is 12.0. The predicted octanol–water partition coefficient (Wildman–Crippen LogP) is 2.17. The zero-order valence-corrected chi connectivity index (χ0v) is 19.8. The monoisotopic (exact) mass is 486 g/mol. The standard InChI is InChI=1S/C27H26N4O5/c1-15-4-2-6-18-17(14-29-24(15)18)13-23(33)28-11-3-5-16-7-8-19-20(12-16)27(36)31(26(19)35)21-9-10-22(32)30-25(21)34/h2,4,6-8,12,14,21,29H,3,5,9-11,13H2,1H3,(H,28,33)(H,30,32,34). The van der Waals surface area contributed by atoms with E-state index in [0.29, 0.717) is 19.4 Å². The number of fused-ring (bicyclic) bond motifs is 2. The van der Waals surface area contributed by atoms with Gasteiger partial charge >= 0.3 is 0 Å². The summed E-state index contributed by atoms with van der Waals surface area (Å²) in [7, 11) is 0. The number of amides is 5. The molecule has 1 atom stereocenters. The molecular weight excluding hydrogens is 460 g/mol. The van der Waals surface area contributed by atoms with Crippen LogP contribution < -0.4 is 10.6 Å². The number of aromatic nitrogens is 1. The van der Waals surface area contributed by atoms with Crippen LogP contribution in [-0.2, 0) is 27.2 Å². The van der Waals surface area contributed by atoms with Crippen molar-refractivity contribution in [3.8, 4) is 0 Å². The van der Waals surface area contributed by atoms with E-state index >= 15 is 0 Å². The van der Waals surface area contributed by atoms with Gasteiger partial charge in [0.15, 0.2) is 0 Å². The van der Waals surface area contributed by atoms with Gasteiger partial charge in [-0.2, -0.15) is 0 Å². The number of aromatic amines is 1. The van der Waals surface area contributed by atoms with Crippen molar-refractivity contribution in [3.05, 3.63) is 70.4 Å². The Bertz CT molecular complexity index is 1420. The second-order valence-corrected chi connectivity index (χ2v) is 9.27. The quantitative estimate of drug-likeness (QED) is 0.348. The molecule has 184 valence electrons. The summed E-state index contributed by atoms with van der Waals surface area (Å²) in [6.45, 7) is 2.50.